The van der Waals surface area contributed by atoms with Crippen molar-refractivity contribution in [2.45, 2.75) is 39.5 Å². The van der Waals surface area contributed by atoms with Crippen LogP contribution in [0.2, 0.25) is 0 Å². The molecule has 0 saturated heterocycles. The monoisotopic (exact) mass is 189 g/mol. The average Bonchev–Trinajstić information content (AvgIpc) is 2.04. The first-order chi connectivity index (χ1) is 5.74. The van der Waals surface area contributed by atoms with Gasteiger partial charge >= 0.3 is 0 Å². The van der Waals surface area contributed by atoms with E-state index in [-0.39, 0.29) is 6.15 Å². The molecule has 13 heavy (non-hydrogen) atoms. The fourth-order valence-electron chi connectivity index (χ4n) is 0.500. The van der Waals surface area contributed by atoms with Gasteiger partial charge in [0, 0.05) is 0 Å². The zero-order chi connectivity index (χ0) is 10.2. The molecule has 78 valence electrons. The molecule has 5 N–H and O–H groups in total. The van der Waals surface area contributed by atoms with Gasteiger partial charge in [0.2, 0.25) is 12.2 Å². The van der Waals surface area contributed by atoms with Gasteiger partial charge in [0.1, 0.15) is 0 Å². The molecule has 0 spiro atoms. The molecule has 5 heteroatoms. The first-order valence-corrected chi connectivity index (χ1v) is 3.82. The zero-order valence-corrected chi connectivity index (χ0v) is 8.35. The summed E-state index contributed by atoms with van der Waals surface area (Å²) in [5, 5.41) is 10.8. The van der Waals surface area contributed by atoms with E-state index in [0.29, 0.717) is 0 Å². The molecule has 0 rings (SSSR count). The molecule has 5 nitrogen and oxygen atoms in total. The van der Waals surface area contributed by atoms with Crippen molar-refractivity contribution in [3.63, 3.8) is 0 Å². The van der Waals surface area contributed by atoms with E-state index < -0.39 is 0 Å². The molecule has 0 aromatic heterocycles. The Morgan fingerprint density at radius 3 is 1.15 bits per heavy atom. The molecule has 0 heterocycles. The molecule has 0 saturated carbocycles. The normalized spacial score (nSPS) is 5.38. The third-order valence-electron chi connectivity index (χ3n) is 0.957. The van der Waals surface area contributed by atoms with Crippen LogP contribution >= 0.6 is 0 Å². The average molecular weight is 189 g/mol. The quantitative estimate of drug-likeness (QED) is 0.359. The van der Waals surface area contributed by atoms with Crippen LogP contribution in [0.5, 0.6) is 0 Å². The van der Waals surface area contributed by atoms with Crippen molar-refractivity contribution in [1.82, 2.24) is 6.15 Å². The van der Waals surface area contributed by atoms with E-state index in [9.17, 15) is 0 Å². The lowest BCUT2D eigenvalue weighted by molar-refractivity contribution is 0.562. The van der Waals surface area contributed by atoms with Crippen LogP contribution < -0.4 is 6.15 Å². The number of unbranched alkanes of at least 4 members (excludes halogenated alkanes) is 3. The van der Waals surface area contributed by atoms with Gasteiger partial charge in [0.25, 0.3) is 0 Å². The topological polar surface area (TPSA) is 117 Å². The first kappa shape index (κ1) is 22.6. The number of isocyanates is 2. The van der Waals surface area contributed by atoms with Crippen LogP contribution in [-0.2, 0) is 9.59 Å². The summed E-state index contributed by atoms with van der Waals surface area (Å²) in [4.78, 5) is 16.7. The van der Waals surface area contributed by atoms with E-state index in [1.54, 1.807) is 0 Å². The Balaban J connectivity index is -0.0000000501. The van der Waals surface area contributed by atoms with Crippen LogP contribution in [0.15, 0.2) is 0 Å². The van der Waals surface area contributed by atoms with Crippen LogP contribution in [-0.4, -0.2) is 12.2 Å². The second-order valence-electron chi connectivity index (χ2n) is 1.91. The van der Waals surface area contributed by atoms with Crippen LogP contribution in [0.1, 0.15) is 39.5 Å². The van der Waals surface area contributed by atoms with Crippen LogP contribution in [0.3, 0.4) is 0 Å². The molecule has 0 fully saturated rings. The highest BCUT2D eigenvalue weighted by Crippen LogP contribution is 1.95. The van der Waals surface area contributed by atoms with E-state index >= 15 is 0 Å². The standard InChI is InChI=1S/C6H14.2CHNO.H3N/c1-3-5-6-4-2;2*2-1-3;/h3-6H2,1-2H3;2*2H;1H3. The predicted molar refractivity (Wildman–Crippen MR) is 51.7 cm³/mol. The van der Waals surface area contributed by atoms with Crippen LogP contribution in [0, 0.1) is 10.8 Å². The number of nitrogens with one attached hydrogen (secondary N) is 2. The molecule has 0 atom stereocenters. The lowest BCUT2D eigenvalue weighted by Gasteiger charge is -1.86. The van der Waals surface area contributed by atoms with Gasteiger partial charge in [0.05, 0.1) is 0 Å². The Bertz CT molecular complexity index is 109. The summed E-state index contributed by atoms with van der Waals surface area (Å²) in [5.41, 5.74) is 0. The Morgan fingerprint density at radius 2 is 1.08 bits per heavy atom. The number of rotatable bonds is 3. The van der Waals surface area contributed by atoms with Crippen LogP contribution in [0.4, 0.5) is 0 Å². The van der Waals surface area contributed by atoms with Gasteiger partial charge in [-0.2, -0.15) is 0 Å². The van der Waals surface area contributed by atoms with Gasteiger partial charge in [-0.05, 0) is 0 Å². The minimum Gasteiger partial charge on any atom is -0.344 e. The SMILES string of the molecule is CCCCCC.N.N=C=O.N=C=O. The minimum absolute atomic E-state index is 0. The van der Waals surface area contributed by atoms with Crippen molar-refractivity contribution in [3.8, 4) is 0 Å². The van der Waals surface area contributed by atoms with Gasteiger partial charge in [-0.25, -0.2) is 20.4 Å². The van der Waals surface area contributed by atoms with Gasteiger partial charge in [0.15, 0.2) is 0 Å². The van der Waals surface area contributed by atoms with E-state index in [1.165, 1.54) is 25.7 Å². The van der Waals surface area contributed by atoms with Crippen molar-refractivity contribution in [2.75, 3.05) is 0 Å². The summed E-state index contributed by atoms with van der Waals surface area (Å²) < 4.78 is 0. The summed E-state index contributed by atoms with van der Waals surface area (Å²) in [6.45, 7) is 4.46. The summed E-state index contributed by atoms with van der Waals surface area (Å²) >= 11 is 0. The molecule has 0 bridgehead atoms. The largest absolute Gasteiger partial charge is 0.344 e. The zero-order valence-electron chi connectivity index (χ0n) is 8.35. The molecular weight excluding hydrogens is 170 g/mol. The van der Waals surface area contributed by atoms with Crippen molar-refractivity contribution < 1.29 is 9.59 Å². The Morgan fingerprint density at radius 1 is 0.923 bits per heavy atom. The summed E-state index contributed by atoms with van der Waals surface area (Å²) in [6.07, 6.45) is 7.04. The molecule has 0 unspecified atom stereocenters. The maximum atomic E-state index is 8.35. The highest BCUT2D eigenvalue weighted by atomic mass is 16.1. The minimum atomic E-state index is 0. The molecule has 0 aliphatic carbocycles. The second-order valence-corrected chi connectivity index (χ2v) is 1.91. The first-order valence-electron chi connectivity index (χ1n) is 3.82. The van der Waals surface area contributed by atoms with Crippen molar-refractivity contribution >= 4 is 12.2 Å². The molecule has 0 aliphatic heterocycles. The van der Waals surface area contributed by atoms with Gasteiger partial charge < -0.3 is 6.15 Å². The smallest absolute Gasteiger partial charge is 0.231 e. The molecular formula is C8H19N3O2. The van der Waals surface area contributed by atoms with Crippen molar-refractivity contribution in [1.29, 1.82) is 10.8 Å². The van der Waals surface area contributed by atoms with Gasteiger partial charge in [-0.15, -0.1) is 0 Å². The fraction of sp³-hybridized carbons (Fsp3) is 0.750. The van der Waals surface area contributed by atoms with Gasteiger partial charge in [-0.3, -0.25) is 0 Å². The Hall–Kier alpha value is -1.28. The number of carbonyl (C=O) groups excluding carboxylic acids is 2. The summed E-state index contributed by atoms with van der Waals surface area (Å²) in [5.74, 6) is 0. The maximum absolute atomic E-state index is 8.35. The highest BCUT2D eigenvalue weighted by Gasteiger charge is 1.75. The maximum Gasteiger partial charge on any atom is 0.231 e. The van der Waals surface area contributed by atoms with Crippen molar-refractivity contribution in [3.05, 3.63) is 0 Å². The van der Waals surface area contributed by atoms with Gasteiger partial charge in [-0.1, -0.05) is 39.5 Å². The van der Waals surface area contributed by atoms with Crippen molar-refractivity contribution in [2.24, 2.45) is 0 Å². The van der Waals surface area contributed by atoms with E-state index in [1.807, 2.05) is 0 Å². The highest BCUT2D eigenvalue weighted by molar-refractivity contribution is 5.26. The van der Waals surface area contributed by atoms with E-state index in [0.717, 1.165) is 12.2 Å². The number of hydrogen-bond donors (Lipinski definition) is 3. The fourth-order valence-corrected chi connectivity index (χ4v) is 0.500. The lowest BCUT2D eigenvalue weighted by atomic mass is 10.2. The molecule has 0 aromatic rings. The Labute approximate surface area is 79.1 Å². The summed E-state index contributed by atoms with van der Waals surface area (Å²) in [6, 6.07) is 0. The molecule has 0 radical (unpaired) electrons. The third-order valence-corrected chi connectivity index (χ3v) is 0.957. The molecule has 0 amide bonds. The predicted octanol–water partition coefficient (Wildman–Crippen LogP) is 2.55. The van der Waals surface area contributed by atoms with E-state index in [2.05, 4.69) is 13.8 Å². The number of hydrogen-bond acceptors (Lipinski definition) is 5. The Kier molecular flexibility index (Phi) is 79.0. The third kappa shape index (κ3) is 276. The lowest BCUT2D eigenvalue weighted by Crippen LogP contribution is -1.66. The van der Waals surface area contributed by atoms with E-state index in [4.69, 9.17) is 20.4 Å². The summed E-state index contributed by atoms with van der Waals surface area (Å²) in [7, 11) is 0. The van der Waals surface area contributed by atoms with Crippen LogP contribution in [0.25, 0.3) is 0 Å². The second kappa shape index (κ2) is 45.5. The molecule has 0 aromatic carbocycles. The molecule has 0 aliphatic rings.